The Morgan fingerprint density at radius 1 is 1.32 bits per heavy atom. The van der Waals surface area contributed by atoms with Crippen LogP contribution >= 0.6 is 0 Å². The number of carbonyl (C=O) groups is 1. The van der Waals surface area contributed by atoms with E-state index in [-0.39, 0.29) is 12.5 Å². The summed E-state index contributed by atoms with van der Waals surface area (Å²) in [5, 5.41) is 10.4. The predicted molar refractivity (Wildman–Crippen MR) is 107 cm³/mol. The zero-order valence-electron chi connectivity index (χ0n) is 16.0. The molecular weight excluding hydrogens is 354 g/mol. The number of ether oxygens (including phenoxy) is 1. The van der Waals surface area contributed by atoms with E-state index in [4.69, 9.17) is 4.74 Å². The lowest BCUT2D eigenvalue weighted by Gasteiger charge is -2.33. The molecule has 4 rings (SSSR count). The van der Waals surface area contributed by atoms with Crippen LogP contribution in [0, 0.1) is 0 Å². The van der Waals surface area contributed by atoms with E-state index in [1.54, 1.807) is 25.3 Å². The van der Waals surface area contributed by atoms with Crippen molar-refractivity contribution in [2.75, 3.05) is 13.1 Å². The molecule has 3 aromatic rings. The van der Waals surface area contributed by atoms with Crippen LogP contribution in [0.5, 0.6) is 5.75 Å². The summed E-state index contributed by atoms with van der Waals surface area (Å²) in [4.78, 5) is 22.3. The standard InChI is InChI=1S/C22H25N3O3/c1-15(28-18-5-2-4-16(12-18)14-26)22(27)25-10-7-17(8-11-25)20-13-24-21-19(20)6-3-9-23-21/h2-6,9,12-13,15,17,26H,7-8,10-11,14H2,1H3,(H,23,24). The Balaban J connectivity index is 1.37. The van der Waals surface area contributed by atoms with Crippen LogP contribution in [0.15, 0.2) is 48.8 Å². The van der Waals surface area contributed by atoms with Crippen molar-refractivity contribution in [3.63, 3.8) is 0 Å². The fraction of sp³-hybridized carbons (Fsp3) is 0.364. The number of nitrogens with zero attached hydrogens (tertiary/aromatic N) is 2. The van der Waals surface area contributed by atoms with Gasteiger partial charge >= 0.3 is 0 Å². The molecule has 6 heteroatoms. The number of aromatic amines is 1. The van der Waals surface area contributed by atoms with E-state index in [2.05, 4.69) is 22.2 Å². The first kappa shape index (κ1) is 18.5. The molecule has 1 aliphatic heterocycles. The minimum absolute atomic E-state index is 0.00782. The van der Waals surface area contributed by atoms with Gasteiger partial charge in [-0.2, -0.15) is 0 Å². The van der Waals surface area contributed by atoms with Crippen LogP contribution in [0.25, 0.3) is 11.0 Å². The zero-order chi connectivity index (χ0) is 19.5. The van der Waals surface area contributed by atoms with Crippen molar-refractivity contribution >= 4 is 16.9 Å². The minimum atomic E-state index is -0.553. The number of aliphatic hydroxyl groups is 1. The van der Waals surface area contributed by atoms with E-state index < -0.39 is 6.10 Å². The van der Waals surface area contributed by atoms with Gasteiger partial charge in [0.2, 0.25) is 0 Å². The maximum absolute atomic E-state index is 12.8. The number of likely N-dealkylation sites (tertiary alicyclic amines) is 1. The molecule has 1 amide bonds. The largest absolute Gasteiger partial charge is 0.481 e. The summed E-state index contributed by atoms with van der Waals surface area (Å²) in [5.74, 6) is 1.04. The van der Waals surface area contributed by atoms with Crippen LogP contribution in [-0.4, -0.2) is 45.1 Å². The van der Waals surface area contributed by atoms with E-state index in [1.807, 2.05) is 23.1 Å². The highest BCUT2D eigenvalue weighted by Gasteiger charge is 2.28. The van der Waals surface area contributed by atoms with Crippen molar-refractivity contribution in [3.05, 3.63) is 59.9 Å². The van der Waals surface area contributed by atoms with E-state index in [9.17, 15) is 9.90 Å². The molecule has 0 bridgehead atoms. The highest BCUT2D eigenvalue weighted by molar-refractivity contribution is 5.82. The molecular formula is C22H25N3O3. The maximum Gasteiger partial charge on any atom is 0.263 e. The van der Waals surface area contributed by atoms with Crippen LogP contribution in [0.4, 0.5) is 0 Å². The van der Waals surface area contributed by atoms with Crippen molar-refractivity contribution in [1.82, 2.24) is 14.9 Å². The molecule has 1 unspecified atom stereocenters. The number of piperidine rings is 1. The van der Waals surface area contributed by atoms with Crippen molar-refractivity contribution < 1.29 is 14.6 Å². The Labute approximate surface area is 164 Å². The SMILES string of the molecule is CC(Oc1cccc(CO)c1)C(=O)N1CCC(c2c[nH]c3ncccc23)CC1. The zero-order valence-corrected chi connectivity index (χ0v) is 16.0. The Bertz CT molecular complexity index is 960. The molecule has 0 spiro atoms. The highest BCUT2D eigenvalue weighted by Crippen LogP contribution is 2.32. The number of benzene rings is 1. The quantitative estimate of drug-likeness (QED) is 0.713. The van der Waals surface area contributed by atoms with Crippen LogP contribution in [0.3, 0.4) is 0 Å². The summed E-state index contributed by atoms with van der Waals surface area (Å²) in [6.07, 6.45) is 5.16. The van der Waals surface area contributed by atoms with Crippen molar-refractivity contribution in [2.24, 2.45) is 0 Å². The number of hydrogen-bond donors (Lipinski definition) is 2. The summed E-state index contributed by atoms with van der Waals surface area (Å²) in [6.45, 7) is 3.18. The molecule has 0 saturated carbocycles. The molecule has 1 aromatic carbocycles. The Morgan fingerprint density at radius 2 is 2.14 bits per heavy atom. The second kappa shape index (κ2) is 8.02. The van der Waals surface area contributed by atoms with Crippen LogP contribution in [0.1, 0.15) is 36.8 Å². The minimum Gasteiger partial charge on any atom is -0.481 e. The van der Waals surface area contributed by atoms with Crippen LogP contribution in [0.2, 0.25) is 0 Å². The van der Waals surface area contributed by atoms with Crippen molar-refractivity contribution in [1.29, 1.82) is 0 Å². The molecule has 28 heavy (non-hydrogen) atoms. The lowest BCUT2D eigenvalue weighted by atomic mass is 9.89. The molecule has 1 saturated heterocycles. The topological polar surface area (TPSA) is 78.5 Å². The molecule has 2 aromatic heterocycles. The first-order valence-electron chi connectivity index (χ1n) is 9.73. The average molecular weight is 379 g/mol. The maximum atomic E-state index is 12.8. The Morgan fingerprint density at radius 3 is 2.93 bits per heavy atom. The first-order chi connectivity index (χ1) is 13.7. The van der Waals surface area contributed by atoms with Crippen LogP contribution in [-0.2, 0) is 11.4 Å². The van der Waals surface area contributed by atoms with Gasteiger partial charge in [-0.15, -0.1) is 0 Å². The van der Waals surface area contributed by atoms with Gasteiger partial charge in [0, 0.05) is 30.9 Å². The third-order valence-corrected chi connectivity index (χ3v) is 5.47. The summed E-state index contributed by atoms with van der Waals surface area (Å²) in [6, 6.07) is 11.3. The number of H-pyrrole nitrogens is 1. The van der Waals surface area contributed by atoms with Crippen molar-refractivity contribution in [3.8, 4) is 5.75 Å². The van der Waals surface area contributed by atoms with E-state index >= 15 is 0 Å². The first-order valence-corrected chi connectivity index (χ1v) is 9.73. The molecule has 0 radical (unpaired) electrons. The number of carbonyl (C=O) groups excluding carboxylic acids is 1. The Kier molecular flexibility index (Phi) is 5.30. The van der Waals surface area contributed by atoms with Gasteiger partial charge in [-0.3, -0.25) is 4.79 Å². The molecule has 146 valence electrons. The second-order valence-electron chi connectivity index (χ2n) is 7.31. The average Bonchev–Trinajstić information content (AvgIpc) is 3.17. The smallest absolute Gasteiger partial charge is 0.263 e. The number of rotatable bonds is 5. The third-order valence-electron chi connectivity index (χ3n) is 5.47. The summed E-state index contributed by atoms with van der Waals surface area (Å²) >= 11 is 0. The number of aliphatic hydroxyl groups excluding tert-OH is 1. The number of hydrogen-bond acceptors (Lipinski definition) is 4. The number of amides is 1. The Hall–Kier alpha value is -2.86. The van der Waals surface area contributed by atoms with Crippen molar-refractivity contribution in [2.45, 2.75) is 38.4 Å². The van der Waals surface area contributed by atoms with E-state index in [1.165, 1.54) is 10.9 Å². The molecule has 6 nitrogen and oxygen atoms in total. The fourth-order valence-electron chi connectivity index (χ4n) is 3.95. The van der Waals surface area contributed by atoms with Gasteiger partial charge in [0.15, 0.2) is 6.10 Å². The predicted octanol–water partition coefficient (Wildman–Crippen LogP) is 3.23. The summed E-state index contributed by atoms with van der Waals surface area (Å²) in [7, 11) is 0. The van der Waals surface area contributed by atoms with E-state index in [0.717, 1.165) is 37.1 Å². The van der Waals surface area contributed by atoms with Gasteiger partial charge in [0.25, 0.3) is 5.91 Å². The molecule has 3 heterocycles. The number of nitrogens with one attached hydrogen (secondary N) is 1. The van der Waals surface area contributed by atoms with Crippen LogP contribution < -0.4 is 4.74 Å². The number of fused-ring (bicyclic) bond motifs is 1. The summed E-state index contributed by atoms with van der Waals surface area (Å²) < 4.78 is 5.81. The van der Waals surface area contributed by atoms with Gasteiger partial charge in [-0.25, -0.2) is 4.98 Å². The third kappa shape index (κ3) is 3.73. The van der Waals surface area contributed by atoms with E-state index in [0.29, 0.717) is 11.7 Å². The van der Waals surface area contributed by atoms with Gasteiger partial charge in [-0.1, -0.05) is 12.1 Å². The lowest BCUT2D eigenvalue weighted by molar-refractivity contribution is -0.139. The molecule has 1 fully saturated rings. The second-order valence-corrected chi connectivity index (χ2v) is 7.31. The lowest BCUT2D eigenvalue weighted by Crippen LogP contribution is -2.44. The van der Waals surface area contributed by atoms with Gasteiger partial charge in [0.1, 0.15) is 11.4 Å². The number of aromatic nitrogens is 2. The van der Waals surface area contributed by atoms with Gasteiger partial charge in [-0.05, 0) is 61.1 Å². The van der Waals surface area contributed by atoms with Gasteiger partial charge < -0.3 is 19.7 Å². The van der Waals surface area contributed by atoms with Gasteiger partial charge in [0.05, 0.1) is 6.61 Å². The normalized spacial score (nSPS) is 16.3. The molecule has 2 N–H and O–H groups in total. The number of pyridine rings is 1. The highest BCUT2D eigenvalue weighted by atomic mass is 16.5. The summed E-state index contributed by atoms with van der Waals surface area (Å²) in [5.41, 5.74) is 2.98. The molecule has 0 aliphatic carbocycles. The fourth-order valence-corrected chi connectivity index (χ4v) is 3.95. The molecule has 1 aliphatic rings. The monoisotopic (exact) mass is 379 g/mol. The molecule has 1 atom stereocenters.